The van der Waals surface area contributed by atoms with E-state index < -0.39 is 28.8 Å². The number of hydrogen-bond acceptors (Lipinski definition) is 3. The molecule has 1 saturated carbocycles. The van der Waals surface area contributed by atoms with Crippen LogP contribution < -0.4 is 4.90 Å². The van der Waals surface area contributed by atoms with Crippen LogP contribution in [0.1, 0.15) is 57.6 Å². The minimum atomic E-state index is -1.97. The molecule has 0 aromatic heterocycles. The molecule has 1 aromatic rings. The molecule has 4 nitrogen and oxygen atoms in total. The molecule has 1 amide bonds. The summed E-state index contributed by atoms with van der Waals surface area (Å²) in [7, 11) is 0. The van der Waals surface area contributed by atoms with Gasteiger partial charge >= 0.3 is 0 Å². The molecule has 5 heteroatoms. The van der Waals surface area contributed by atoms with E-state index in [4.69, 9.17) is 0 Å². The standard InChI is InChI=1S/C20H22FNO3/c1-11-10-19(2,3)22-17-13(11)8-12(21)9-15(17)20(25,18(22)24)14-6-4-5-7-16(14)23/h8-10,14,25H,4-7H2,1-3H3. The van der Waals surface area contributed by atoms with Gasteiger partial charge in [0.15, 0.2) is 5.60 Å². The molecule has 2 unspecified atom stereocenters. The lowest BCUT2D eigenvalue weighted by Gasteiger charge is -2.40. The highest BCUT2D eigenvalue weighted by atomic mass is 19.1. The summed E-state index contributed by atoms with van der Waals surface area (Å²) in [6, 6.07) is 2.63. The Morgan fingerprint density at radius 3 is 2.64 bits per heavy atom. The largest absolute Gasteiger partial charge is 0.375 e. The van der Waals surface area contributed by atoms with E-state index in [1.165, 1.54) is 12.1 Å². The summed E-state index contributed by atoms with van der Waals surface area (Å²) in [6.45, 7) is 5.65. The molecule has 2 aliphatic heterocycles. The first-order valence-corrected chi connectivity index (χ1v) is 8.81. The maximum atomic E-state index is 14.3. The fourth-order valence-corrected chi connectivity index (χ4v) is 4.80. The van der Waals surface area contributed by atoms with E-state index in [1.807, 2.05) is 26.8 Å². The van der Waals surface area contributed by atoms with Crippen LogP contribution in [-0.2, 0) is 15.2 Å². The highest BCUT2D eigenvalue weighted by Gasteiger charge is 2.60. The first kappa shape index (κ1) is 16.5. The van der Waals surface area contributed by atoms with Crippen molar-refractivity contribution in [2.24, 2.45) is 5.92 Å². The Labute approximate surface area is 146 Å². The molecule has 1 N–H and O–H groups in total. The van der Waals surface area contributed by atoms with Gasteiger partial charge in [-0.25, -0.2) is 4.39 Å². The van der Waals surface area contributed by atoms with Crippen LogP contribution in [0.4, 0.5) is 10.1 Å². The summed E-state index contributed by atoms with van der Waals surface area (Å²) in [5.41, 5.74) is -0.348. The third kappa shape index (κ3) is 2.02. The van der Waals surface area contributed by atoms with Crippen LogP contribution in [-0.4, -0.2) is 22.3 Å². The van der Waals surface area contributed by atoms with Gasteiger partial charge in [-0.15, -0.1) is 0 Å². The van der Waals surface area contributed by atoms with Gasteiger partial charge in [-0.2, -0.15) is 0 Å². The Morgan fingerprint density at radius 2 is 1.96 bits per heavy atom. The third-order valence-corrected chi connectivity index (χ3v) is 5.87. The van der Waals surface area contributed by atoms with E-state index in [9.17, 15) is 19.1 Å². The number of aliphatic hydroxyl groups is 1. The van der Waals surface area contributed by atoms with Crippen LogP contribution >= 0.6 is 0 Å². The predicted octanol–water partition coefficient (Wildman–Crippen LogP) is 3.31. The molecule has 0 bridgehead atoms. The number of halogens is 1. The van der Waals surface area contributed by atoms with Gasteiger partial charge < -0.3 is 5.11 Å². The maximum Gasteiger partial charge on any atom is 0.265 e. The number of rotatable bonds is 1. The zero-order valence-electron chi connectivity index (χ0n) is 14.7. The van der Waals surface area contributed by atoms with Crippen molar-refractivity contribution in [3.8, 4) is 0 Å². The monoisotopic (exact) mass is 343 g/mol. The number of ketones is 1. The molecule has 0 saturated heterocycles. The van der Waals surface area contributed by atoms with E-state index in [0.717, 1.165) is 18.4 Å². The predicted molar refractivity (Wildman–Crippen MR) is 92.5 cm³/mol. The molecule has 25 heavy (non-hydrogen) atoms. The second kappa shape index (κ2) is 5.01. The van der Waals surface area contributed by atoms with Gasteiger partial charge in [0.05, 0.1) is 17.1 Å². The molecule has 2 heterocycles. The summed E-state index contributed by atoms with van der Waals surface area (Å²) in [5, 5.41) is 11.5. The molecule has 2 atom stereocenters. The summed E-state index contributed by atoms with van der Waals surface area (Å²) in [5.74, 6) is -1.93. The van der Waals surface area contributed by atoms with Gasteiger partial charge in [-0.3, -0.25) is 14.5 Å². The summed E-state index contributed by atoms with van der Waals surface area (Å²) in [4.78, 5) is 27.4. The van der Waals surface area contributed by atoms with Gasteiger partial charge in [0.1, 0.15) is 11.6 Å². The Balaban J connectivity index is 2.00. The molecular weight excluding hydrogens is 321 g/mol. The molecular formula is C20H22FNO3. The van der Waals surface area contributed by atoms with Gasteiger partial charge in [0.2, 0.25) is 0 Å². The molecule has 1 aromatic carbocycles. The number of benzene rings is 1. The topological polar surface area (TPSA) is 57.6 Å². The fraction of sp³-hybridized carbons (Fsp3) is 0.500. The Kier molecular flexibility index (Phi) is 3.30. The van der Waals surface area contributed by atoms with Crippen LogP contribution in [0.2, 0.25) is 0 Å². The molecule has 3 aliphatic rings. The lowest BCUT2D eigenvalue weighted by atomic mass is 9.73. The molecule has 132 valence electrons. The van der Waals surface area contributed by atoms with Crippen molar-refractivity contribution in [1.29, 1.82) is 0 Å². The first-order valence-electron chi connectivity index (χ1n) is 8.81. The second-order valence-corrected chi connectivity index (χ2v) is 8.00. The van der Waals surface area contributed by atoms with Crippen LogP contribution in [0.3, 0.4) is 0 Å². The number of amides is 1. The summed E-state index contributed by atoms with van der Waals surface area (Å²) < 4.78 is 14.3. The molecule has 1 fully saturated rings. The van der Waals surface area contributed by atoms with Crippen molar-refractivity contribution in [2.75, 3.05) is 4.90 Å². The van der Waals surface area contributed by atoms with E-state index in [1.54, 1.807) is 4.90 Å². The van der Waals surface area contributed by atoms with E-state index in [-0.39, 0.29) is 11.3 Å². The minimum absolute atomic E-state index is 0.109. The number of carbonyl (C=O) groups is 2. The SMILES string of the molecule is CC1=CC(C)(C)N2C(=O)C(O)(C3CCCCC3=O)c3cc(F)cc1c32. The van der Waals surface area contributed by atoms with Crippen LogP contribution in [0, 0.1) is 11.7 Å². The number of hydrogen-bond donors (Lipinski definition) is 1. The quantitative estimate of drug-likeness (QED) is 0.851. The first-order chi connectivity index (χ1) is 11.7. The van der Waals surface area contributed by atoms with Crippen molar-refractivity contribution >= 4 is 23.0 Å². The normalized spacial score (nSPS) is 30.4. The van der Waals surface area contributed by atoms with Crippen LogP contribution in [0.5, 0.6) is 0 Å². The summed E-state index contributed by atoms with van der Waals surface area (Å²) in [6.07, 6.45) is 4.28. The van der Waals surface area contributed by atoms with Crippen molar-refractivity contribution in [3.05, 3.63) is 35.2 Å². The maximum absolute atomic E-state index is 14.3. The van der Waals surface area contributed by atoms with Gasteiger partial charge in [-0.1, -0.05) is 12.5 Å². The number of anilines is 1. The number of carbonyl (C=O) groups excluding carboxylic acids is 2. The van der Waals surface area contributed by atoms with E-state index >= 15 is 0 Å². The third-order valence-electron chi connectivity index (χ3n) is 5.87. The Hall–Kier alpha value is -2.01. The molecule has 0 spiro atoms. The zero-order valence-corrected chi connectivity index (χ0v) is 14.7. The van der Waals surface area contributed by atoms with Crippen molar-refractivity contribution in [2.45, 2.75) is 57.6 Å². The number of allylic oxidation sites excluding steroid dienone is 1. The molecule has 4 rings (SSSR count). The minimum Gasteiger partial charge on any atom is -0.375 e. The Bertz CT molecular complexity index is 842. The average molecular weight is 343 g/mol. The van der Waals surface area contributed by atoms with Crippen molar-refractivity contribution in [3.63, 3.8) is 0 Å². The fourth-order valence-electron chi connectivity index (χ4n) is 4.80. The summed E-state index contributed by atoms with van der Waals surface area (Å²) >= 11 is 0. The van der Waals surface area contributed by atoms with Gasteiger partial charge in [0, 0.05) is 17.5 Å². The number of nitrogens with zero attached hydrogens (tertiary/aromatic N) is 1. The highest BCUT2D eigenvalue weighted by molar-refractivity contribution is 6.13. The molecule has 0 radical (unpaired) electrons. The van der Waals surface area contributed by atoms with Gasteiger partial charge in [0.25, 0.3) is 5.91 Å². The number of Topliss-reactive ketones (excluding diaryl/α,β-unsaturated/α-hetero) is 1. The smallest absolute Gasteiger partial charge is 0.265 e. The Morgan fingerprint density at radius 1 is 1.24 bits per heavy atom. The van der Waals surface area contributed by atoms with E-state index in [0.29, 0.717) is 24.1 Å². The van der Waals surface area contributed by atoms with Crippen LogP contribution in [0.15, 0.2) is 18.2 Å². The van der Waals surface area contributed by atoms with Crippen molar-refractivity contribution < 1.29 is 19.1 Å². The van der Waals surface area contributed by atoms with Crippen molar-refractivity contribution in [1.82, 2.24) is 0 Å². The van der Waals surface area contributed by atoms with E-state index in [2.05, 4.69) is 0 Å². The second-order valence-electron chi connectivity index (χ2n) is 8.00. The van der Waals surface area contributed by atoms with Crippen LogP contribution in [0.25, 0.3) is 5.57 Å². The lowest BCUT2D eigenvalue weighted by Crippen LogP contribution is -2.54. The average Bonchev–Trinajstić information content (AvgIpc) is 2.76. The molecule has 1 aliphatic carbocycles. The van der Waals surface area contributed by atoms with Gasteiger partial charge in [-0.05, 0) is 51.3 Å². The lowest BCUT2D eigenvalue weighted by molar-refractivity contribution is -0.152. The zero-order chi connectivity index (χ0) is 18.1. The highest BCUT2D eigenvalue weighted by Crippen LogP contribution is 2.54.